The maximum Gasteiger partial charge on any atom is 0.870 e. The van der Waals surface area contributed by atoms with Crippen LogP contribution in [0.25, 0.3) is 0 Å². The molecule has 3 unspecified atom stereocenters. The molecule has 10 heteroatoms. The number of aliphatic hydroxyl groups is 3. The van der Waals surface area contributed by atoms with Crippen molar-refractivity contribution in [3.05, 3.63) is 0 Å². The second kappa shape index (κ2) is 49.3. The Morgan fingerprint density at radius 1 is 0.297 bits per heavy atom. The van der Waals surface area contributed by atoms with Gasteiger partial charge in [0.15, 0.2) is 0 Å². The maximum absolute atomic E-state index is 12.8. The minimum absolute atomic E-state index is 0.140. The second-order valence-electron chi connectivity index (χ2n) is 19.4. The van der Waals surface area contributed by atoms with Crippen LogP contribution in [0.15, 0.2) is 0 Å². The lowest BCUT2D eigenvalue weighted by Gasteiger charge is -2.14. The molecule has 0 saturated carbocycles. The average molecular weight is 909 g/mol. The van der Waals surface area contributed by atoms with Gasteiger partial charge in [-0.1, -0.05) is 233 Å². The molecule has 3 N–H and O–H groups in total. The smallest absolute Gasteiger partial charge is 0.462 e. The summed E-state index contributed by atoms with van der Waals surface area (Å²) in [5.74, 6) is -1.57. The summed E-state index contributed by atoms with van der Waals surface area (Å²) in [5, 5.41) is 30.4. The van der Waals surface area contributed by atoms with Gasteiger partial charge in [0.05, 0.1) is 18.3 Å². The highest BCUT2D eigenvalue weighted by atomic mass is 16.8. The van der Waals surface area contributed by atoms with Crippen LogP contribution in [-0.2, 0) is 28.3 Å². The zero-order valence-electron chi connectivity index (χ0n) is 42.4. The van der Waals surface area contributed by atoms with Crippen molar-refractivity contribution in [1.82, 2.24) is 0 Å². The van der Waals surface area contributed by atoms with E-state index in [9.17, 15) is 29.7 Å². The highest BCUT2D eigenvalue weighted by molar-refractivity contribution is 6.44. The lowest BCUT2D eigenvalue weighted by atomic mass is 10.0. The van der Waals surface area contributed by atoms with Crippen LogP contribution in [0, 0.1) is 0 Å². The van der Waals surface area contributed by atoms with E-state index in [1.807, 2.05) is 0 Å². The Bertz CT molecular complexity index is 961. The van der Waals surface area contributed by atoms with E-state index in [1.54, 1.807) is 0 Å². The Balaban J connectivity index is 4.43. The van der Waals surface area contributed by atoms with Gasteiger partial charge in [-0.3, -0.25) is 14.4 Å². The van der Waals surface area contributed by atoms with Crippen molar-refractivity contribution in [2.45, 2.75) is 328 Å². The fraction of sp³-hybridized carbons (Fsp3) is 0.944. The summed E-state index contributed by atoms with van der Waals surface area (Å²) in [6.07, 6.45) is 44.9. The van der Waals surface area contributed by atoms with E-state index in [1.165, 1.54) is 89.9 Å². The largest absolute Gasteiger partial charge is 0.870 e. The number of unbranched alkanes of at least 4 members (excludes halogenated alkanes) is 30. The summed E-state index contributed by atoms with van der Waals surface area (Å²) in [6, 6.07) is 0. The Morgan fingerprint density at radius 2 is 0.469 bits per heavy atom. The van der Waals surface area contributed by atoms with Gasteiger partial charge in [0, 0.05) is 19.3 Å². The van der Waals surface area contributed by atoms with Gasteiger partial charge in [0.1, 0.15) is 0 Å². The van der Waals surface area contributed by atoms with Gasteiger partial charge in [0.2, 0.25) is 0 Å². The minimum Gasteiger partial charge on any atom is -0.462 e. The topological polar surface area (TPSA) is 140 Å². The van der Waals surface area contributed by atoms with Crippen LogP contribution in [0.3, 0.4) is 0 Å². The molecule has 0 aromatic rings. The van der Waals surface area contributed by atoms with Gasteiger partial charge in [-0.15, -0.1) is 0 Å². The normalized spacial score (nSPS) is 12.8. The minimum atomic E-state index is -1.64. The summed E-state index contributed by atoms with van der Waals surface area (Å²) in [6.45, 7) is 6.60. The molecule has 0 aliphatic rings. The summed E-state index contributed by atoms with van der Waals surface area (Å²) in [7, 11) is -1.64. The van der Waals surface area contributed by atoms with E-state index in [-0.39, 0.29) is 37.6 Å². The number of carbonyl (C=O) groups excluding carboxylic acids is 3. The number of aliphatic hydroxyl groups excluding tert-OH is 3. The van der Waals surface area contributed by atoms with Crippen LogP contribution < -0.4 is 0 Å². The molecular weight excluding hydrogens is 803 g/mol. The van der Waals surface area contributed by atoms with E-state index in [4.69, 9.17) is 14.0 Å². The molecule has 3 atom stereocenters. The number of carbonyl (C=O) groups is 3. The highest BCUT2D eigenvalue weighted by Crippen LogP contribution is 2.18. The van der Waals surface area contributed by atoms with Gasteiger partial charge in [0.25, 0.3) is 17.9 Å². The van der Waals surface area contributed by atoms with E-state index in [0.717, 1.165) is 161 Å². The zero-order chi connectivity index (χ0) is 47.0. The first kappa shape index (κ1) is 62.4. The van der Waals surface area contributed by atoms with E-state index < -0.39 is 25.2 Å². The van der Waals surface area contributed by atoms with Crippen LogP contribution in [-0.4, -0.2) is 58.9 Å². The van der Waals surface area contributed by atoms with Gasteiger partial charge in [-0.25, -0.2) is 0 Å². The van der Waals surface area contributed by atoms with E-state index in [2.05, 4.69) is 20.8 Å². The molecular formula is C54H105BO9. The van der Waals surface area contributed by atoms with Crippen molar-refractivity contribution in [2.24, 2.45) is 0 Å². The summed E-state index contributed by atoms with van der Waals surface area (Å²) in [4.78, 5) is 38.3. The molecule has 0 radical (unpaired) electrons. The molecule has 0 aromatic heterocycles. The van der Waals surface area contributed by atoms with Crippen molar-refractivity contribution >= 4 is 25.2 Å². The molecule has 0 aliphatic heterocycles. The molecule has 9 nitrogen and oxygen atoms in total. The third kappa shape index (κ3) is 46.9. The lowest BCUT2D eigenvalue weighted by molar-refractivity contribution is -0.148. The third-order valence-corrected chi connectivity index (χ3v) is 12.9. The van der Waals surface area contributed by atoms with Crippen LogP contribution in [0.5, 0.6) is 0 Å². The van der Waals surface area contributed by atoms with E-state index in [0.29, 0.717) is 19.3 Å². The third-order valence-electron chi connectivity index (χ3n) is 12.9. The van der Waals surface area contributed by atoms with Crippen LogP contribution >= 0.6 is 0 Å². The molecule has 0 heterocycles. The molecule has 0 aromatic carbocycles. The highest BCUT2D eigenvalue weighted by Gasteiger charge is 2.36. The SMILES string of the molecule is CCCCCCC(O)CCCCCCCCCCC(=O)OB(OC(=O)CCCCCCCCCCCC(O)CCCCC)OC(=O)CCCCCCCCCCC(O)CCCCCC. The number of rotatable bonds is 51. The molecule has 0 fully saturated rings. The lowest BCUT2D eigenvalue weighted by Crippen LogP contribution is -2.34. The second-order valence-corrected chi connectivity index (χ2v) is 19.4. The van der Waals surface area contributed by atoms with Gasteiger partial charge in [-0.05, 0) is 57.8 Å². The van der Waals surface area contributed by atoms with Crippen molar-refractivity contribution < 1.29 is 43.7 Å². The molecule has 378 valence electrons. The average Bonchev–Trinajstić information content (AvgIpc) is 3.27. The number of hydrogen-bond donors (Lipinski definition) is 3. The van der Waals surface area contributed by atoms with Crippen LogP contribution in [0.2, 0.25) is 0 Å². The monoisotopic (exact) mass is 909 g/mol. The summed E-state index contributed by atoms with van der Waals surface area (Å²) < 4.78 is 16.2. The quantitative estimate of drug-likeness (QED) is 0.0402. The van der Waals surface area contributed by atoms with Crippen LogP contribution in [0.1, 0.15) is 310 Å². The summed E-state index contributed by atoms with van der Waals surface area (Å²) in [5.41, 5.74) is 0. The van der Waals surface area contributed by atoms with Crippen molar-refractivity contribution in [1.29, 1.82) is 0 Å². The predicted octanol–water partition coefficient (Wildman–Crippen LogP) is 15.3. The zero-order valence-corrected chi connectivity index (χ0v) is 42.4. The fourth-order valence-corrected chi connectivity index (χ4v) is 8.55. The van der Waals surface area contributed by atoms with E-state index >= 15 is 0 Å². The Kier molecular flexibility index (Phi) is 48.0. The van der Waals surface area contributed by atoms with Gasteiger partial charge < -0.3 is 29.3 Å². The molecule has 0 spiro atoms. The number of hydrogen-bond acceptors (Lipinski definition) is 9. The predicted molar refractivity (Wildman–Crippen MR) is 267 cm³/mol. The molecule has 0 rings (SSSR count). The van der Waals surface area contributed by atoms with Crippen molar-refractivity contribution in [2.75, 3.05) is 0 Å². The Morgan fingerprint density at radius 3 is 0.703 bits per heavy atom. The first-order valence-electron chi connectivity index (χ1n) is 27.8. The molecule has 0 aliphatic carbocycles. The fourth-order valence-electron chi connectivity index (χ4n) is 8.55. The first-order valence-corrected chi connectivity index (χ1v) is 27.8. The van der Waals surface area contributed by atoms with Crippen molar-refractivity contribution in [3.63, 3.8) is 0 Å². The standard InChI is InChI=1S/C54H105BO9/c1-4-7-10-32-41-50(57)44-35-26-20-15-17-23-29-38-47-53(60)63-55(62-52(59)46-37-28-22-14-12-13-19-25-34-43-49(56)40-31-9-6-3)64-54(61)48-39-30-24-18-16-21-27-36-45-51(58)42-33-11-8-5-2/h49-51,56-58H,4-48H2,1-3H3. The maximum atomic E-state index is 12.8. The summed E-state index contributed by atoms with van der Waals surface area (Å²) >= 11 is 0. The van der Waals surface area contributed by atoms with Crippen molar-refractivity contribution in [3.8, 4) is 0 Å². The first-order chi connectivity index (χ1) is 31.2. The Labute approximate surface area is 395 Å². The Hall–Kier alpha value is -1.65. The molecule has 0 amide bonds. The van der Waals surface area contributed by atoms with Crippen LogP contribution in [0.4, 0.5) is 0 Å². The van der Waals surface area contributed by atoms with Gasteiger partial charge in [-0.2, -0.15) is 0 Å². The molecule has 0 saturated heterocycles. The molecule has 64 heavy (non-hydrogen) atoms. The molecule has 0 bridgehead atoms. The van der Waals surface area contributed by atoms with Gasteiger partial charge >= 0.3 is 7.32 Å².